The van der Waals surface area contributed by atoms with E-state index in [1.54, 1.807) is 12.4 Å². The fraction of sp³-hybridized carbons (Fsp3) is 0. The number of aromatic amines is 1. The number of hydrogen-bond donors (Lipinski definition) is 1. The third kappa shape index (κ3) is 1.81. The molecule has 0 bridgehead atoms. The summed E-state index contributed by atoms with van der Waals surface area (Å²) in [5.74, 6) is 0. The molecule has 0 amide bonds. The van der Waals surface area contributed by atoms with Gasteiger partial charge in [0.1, 0.15) is 4.64 Å². The van der Waals surface area contributed by atoms with Gasteiger partial charge in [-0.05, 0) is 35.4 Å². The van der Waals surface area contributed by atoms with Gasteiger partial charge in [0.15, 0.2) is 0 Å². The van der Waals surface area contributed by atoms with Gasteiger partial charge in [-0.1, -0.05) is 12.2 Å². The van der Waals surface area contributed by atoms with Gasteiger partial charge in [0, 0.05) is 18.6 Å². The van der Waals surface area contributed by atoms with Crippen LogP contribution in [0.25, 0.3) is 11.1 Å². The maximum absolute atomic E-state index is 5.03. The number of nitrogens with one attached hydrogen (secondary N) is 1. The molecule has 0 aliphatic heterocycles. The second kappa shape index (κ2) is 3.49. The van der Waals surface area contributed by atoms with Gasteiger partial charge in [-0.3, -0.25) is 4.98 Å². The molecule has 2 aromatic heterocycles. The minimum Gasteiger partial charge on any atom is -0.353 e. The second-order valence-electron chi connectivity index (χ2n) is 2.68. The topological polar surface area (TPSA) is 28.7 Å². The lowest BCUT2D eigenvalue weighted by Gasteiger charge is -1.98. The fourth-order valence-corrected chi connectivity index (χ4v) is 1.36. The van der Waals surface area contributed by atoms with Gasteiger partial charge in [0.25, 0.3) is 0 Å². The van der Waals surface area contributed by atoms with Crippen molar-refractivity contribution in [2.24, 2.45) is 0 Å². The molecule has 2 nitrogen and oxygen atoms in total. The van der Waals surface area contributed by atoms with Crippen molar-refractivity contribution in [3.63, 3.8) is 0 Å². The minimum atomic E-state index is 0.745. The van der Waals surface area contributed by atoms with Crippen LogP contribution in [-0.2, 0) is 0 Å². The first-order valence-electron chi connectivity index (χ1n) is 3.95. The number of hydrogen-bond acceptors (Lipinski definition) is 2. The zero-order valence-corrected chi connectivity index (χ0v) is 7.71. The molecule has 0 fully saturated rings. The van der Waals surface area contributed by atoms with Crippen LogP contribution in [0.15, 0.2) is 42.9 Å². The van der Waals surface area contributed by atoms with E-state index >= 15 is 0 Å². The highest BCUT2D eigenvalue weighted by molar-refractivity contribution is 7.71. The Bertz CT molecular complexity index is 448. The lowest BCUT2D eigenvalue weighted by molar-refractivity contribution is 1.29. The predicted octanol–water partition coefficient (Wildman–Crippen LogP) is 2.81. The van der Waals surface area contributed by atoms with Gasteiger partial charge in [-0.2, -0.15) is 0 Å². The summed E-state index contributed by atoms with van der Waals surface area (Å²) in [7, 11) is 0. The molecule has 64 valence electrons. The molecule has 0 aliphatic rings. The highest BCUT2D eigenvalue weighted by Crippen LogP contribution is 2.16. The first-order chi connectivity index (χ1) is 6.36. The van der Waals surface area contributed by atoms with Crippen molar-refractivity contribution in [2.75, 3.05) is 0 Å². The molecule has 0 aliphatic carbocycles. The first kappa shape index (κ1) is 8.13. The van der Waals surface area contributed by atoms with Crippen molar-refractivity contribution in [3.05, 3.63) is 47.5 Å². The Morgan fingerprint density at radius 3 is 2.54 bits per heavy atom. The molecular weight excluding hydrogens is 180 g/mol. The van der Waals surface area contributed by atoms with E-state index in [0.717, 1.165) is 15.8 Å². The maximum atomic E-state index is 5.03. The standard InChI is InChI=1S/C10H8N2S/c13-10-7-9(3-6-12-10)8-1-4-11-5-2-8/h1-7H,(H,12,13). The SMILES string of the molecule is S=c1cc(-c2ccncc2)cc[nH]1. The van der Waals surface area contributed by atoms with Crippen LogP contribution >= 0.6 is 12.2 Å². The molecule has 1 N–H and O–H groups in total. The van der Waals surface area contributed by atoms with E-state index < -0.39 is 0 Å². The quantitative estimate of drug-likeness (QED) is 0.697. The Hall–Kier alpha value is -1.48. The molecular formula is C10H8N2S. The highest BCUT2D eigenvalue weighted by Gasteiger charge is 1.94. The zero-order chi connectivity index (χ0) is 9.10. The fourth-order valence-electron chi connectivity index (χ4n) is 1.17. The lowest BCUT2D eigenvalue weighted by Crippen LogP contribution is -1.79. The van der Waals surface area contributed by atoms with Crippen LogP contribution in [0.2, 0.25) is 0 Å². The average Bonchev–Trinajstić information content (AvgIpc) is 2.19. The van der Waals surface area contributed by atoms with Gasteiger partial charge in [-0.25, -0.2) is 0 Å². The van der Waals surface area contributed by atoms with Crippen molar-refractivity contribution in [3.8, 4) is 11.1 Å². The molecule has 0 saturated carbocycles. The summed E-state index contributed by atoms with van der Waals surface area (Å²) in [5.41, 5.74) is 2.25. The van der Waals surface area contributed by atoms with Gasteiger partial charge in [0.2, 0.25) is 0 Å². The number of H-pyrrole nitrogens is 1. The maximum Gasteiger partial charge on any atom is 0.103 e. The molecule has 0 radical (unpaired) electrons. The zero-order valence-electron chi connectivity index (χ0n) is 6.90. The van der Waals surface area contributed by atoms with Gasteiger partial charge < -0.3 is 4.98 Å². The Kier molecular flexibility index (Phi) is 2.19. The normalized spacial score (nSPS) is 9.85. The second-order valence-corrected chi connectivity index (χ2v) is 3.12. The van der Waals surface area contributed by atoms with Gasteiger partial charge >= 0.3 is 0 Å². The van der Waals surface area contributed by atoms with E-state index in [-0.39, 0.29) is 0 Å². The van der Waals surface area contributed by atoms with Crippen LogP contribution in [-0.4, -0.2) is 9.97 Å². The van der Waals surface area contributed by atoms with E-state index in [1.807, 2.05) is 30.5 Å². The number of rotatable bonds is 1. The lowest BCUT2D eigenvalue weighted by atomic mass is 10.1. The van der Waals surface area contributed by atoms with Crippen molar-refractivity contribution < 1.29 is 0 Å². The molecule has 0 spiro atoms. The molecule has 0 unspecified atom stereocenters. The largest absolute Gasteiger partial charge is 0.353 e. The first-order valence-corrected chi connectivity index (χ1v) is 4.36. The Labute approximate surface area is 81.3 Å². The molecule has 2 heterocycles. The molecule has 13 heavy (non-hydrogen) atoms. The van der Waals surface area contributed by atoms with E-state index in [0.29, 0.717) is 0 Å². The summed E-state index contributed by atoms with van der Waals surface area (Å²) in [4.78, 5) is 6.90. The van der Waals surface area contributed by atoms with Gasteiger partial charge in [-0.15, -0.1) is 0 Å². The molecule has 0 atom stereocenters. The summed E-state index contributed by atoms with van der Waals surface area (Å²) in [6, 6.07) is 7.85. The Morgan fingerprint density at radius 1 is 1.08 bits per heavy atom. The van der Waals surface area contributed by atoms with E-state index in [4.69, 9.17) is 12.2 Å². The molecule has 0 aromatic carbocycles. The van der Waals surface area contributed by atoms with E-state index in [2.05, 4.69) is 9.97 Å². The van der Waals surface area contributed by atoms with Crippen LogP contribution < -0.4 is 0 Å². The summed E-state index contributed by atoms with van der Waals surface area (Å²) < 4.78 is 0.745. The van der Waals surface area contributed by atoms with Crippen LogP contribution in [0.3, 0.4) is 0 Å². The van der Waals surface area contributed by atoms with Crippen LogP contribution in [0, 0.1) is 4.64 Å². The number of pyridine rings is 2. The van der Waals surface area contributed by atoms with Crippen LogP contribution in [0.5, 0.6) is 0 Å². The van der Waals surface area contributed by atoms with Crippen LogP contribution in [0.4, 0.5) is 0 Å². The summed E-state index contributed by atoms with van der Waals surface area (Å²) >= 11 is 5.03. The average molecular weight is 188 g/mol. The van der Waals surface area contributed by atoms with Crippen LogP contribution in [0.1, 0.15) is 0 Å². The monoisotopic (exact) mass is 188 g/mol. The third-order valence-electron chi connectivity index (χ3n) is 1.79. The molecule has 0 saturated heterocycles. The van der Waals surface area contributed by atoms with E-state index in [9.17, 15) is 0 Å². The summed E-state index contributed by atoms with van der Waals surface area (Å²) in [5, 5.41) is 0. The molecule has 3 heteroatoms. The Balaban J connectivity index is 2.54. The van der Waals surface area contributed by atoms with Crippen molar-refractivity contribution >= 4 is 12.2 Å². The number of nitrogens with zero attached hydrogens (tertiary/aromatic N) is 1. The van der Waals surface area contributed by atoms with E-state index in [1.165, 1.54) is 0 Å². The Morgan fingerprint density at radius 2 is 1.85 bits per heavy atom. The third-order valence-corrected chi connectivity index (χ3v) is 2.02. The molecule has 2 aromatic rings. The summed E-state index contributed by atoms with van der Waals surface area (Å²) in [6.45, 7) is 0. The summed E-state index contributed by atoms with van der Waals surface area (Å²) in [6.07, 6.45) is 5.39. The minimum absolute atomic E-state index is 0.745. The van der Waals surface area contributed by atoms with Crippen molar-refractivity contribution in [1.29, 1.82) is 0 Å². The van der Waals surface area contributed by atoms with Crippen molar-refractivity contribution in [2.45, 2.75) is 0 Å². The van der Waals surface area contributed by atoms with Gasteiger partial charge in [0.05, 0.1) is 0 Å². The predicted molar refractivity (Wildman–Crippen MR) is 54.9 cm³/mol. The number of aromatic nitrogens is 2. The smallest absolute Gasteiger partial charge is 0.103 e. The molecule has 2 rings (SSSR count). The highest BCUT2D eigenvalue weighted by atomic mass is 32.1. The van der Waals surface area contributed by atoms with Crippen molar-refractivity contribution in [1.82, 2.24) is 9.97 Å².